The number of rotatable bonds is 5. The van der Waals surface area contributed by atoms with Gasteiger partial charge in [0, 0.05) is 0 Å². The first kappa shape index (κ1) is 25.6. The zero-order chi connectivity index (χ0) is 20.7. The molecule has 1 aromatic carbocycles. The Morgan fingerprint density at radius 1 is 0.808 bits per heavy atom. The van der Waals surface area contributed by atoms with E-state index in [9.17, 15) is 5.11 Å². The van der Waals surface area contributed by atoms with E-state index < -0.39 is 0 Å². The molecule has 1 rings (SSSR count). The first-order chi connectivity index (χ1) is 11.7. The second-order valence-electron chi connectivity index (χ2n) is 10.4. The second-order valence-corrected chi connectivity index (χ2v) is 11.9. The van der Waals surface area contributed by atoms with Crippen molar-refractivity contribution in [1.29, 1.82) is 0 Å². The third-order valence-electron chi connectivity index (χ3n) is 4.45. The van der Waals surface area contributed by atoms with Crippen molar-refractivity contribution in [3.05, 3.63) is 28.8 Å². The molecule has 0 aromatic heterocycles. The Morgan fingerprint density at radius 3 is 1.38 bits per heavy atom. The standard InChI is InChI=1S/C16H26O.2C4H9.Al/c1-8-11-9-12(15(2,3)4)14(17)13(10-11)16(5,6)7;2*1-4(2)3;/h9-10,17H,8H2,1-7H3;2*4H,1H2,2-3H3;/q;;;+1/p-1. The van der Waals surface area contributed by atoms with E-state index in [1.54, 1.807) is 0 Å². The normalized spacial score (nSPS) is 12.0. The van der Waals surface area contributed by atoms with Crippen molar-refractivity contribution in [3.8, 4) is 5.75 Å². The first-order valence-corrected chi connectivity index (χ1v) is 12.0. The van der Waals surface area contributed by atoms with Crippen molar-refractivity contribution < 1.29 is 5.11 Å². The van der Waals surface area contributed by atoms with Crippen molar-refractivity contribution in [3.63, 3.8) is 0 Å². The van der Waals surface area contributed by atoms with Crippen LogP contribution in [0.15, 0.2) is 12.1 Å². The van der Waals surface area contributed by atoms with E-state index >= 15 is 0 Å². The minimum absolute atomic E-state index is 0.0811. The van der Waals surface area contributed by atoms with E-state index in [0.29, 0.717) is 0 Å². The van der Waals surface area contributed by atoms with Gasteiger partial charge in [0.1, 0.15) is 0 Å². The van der Waals surface area contributed by atoms with Gasteiger partial charge in [0.25, 0.3) is 0 Å². The molecule has 0 aliphatic heterocycles. The summed E-state index contributed by atoms with van der Waals surface area (Å²) in [4.78, 5) is 0. The maximum atomic E-state index is 12.5. The minimum Gasteiger partial charge on any atom is -0.872 e. The van der Waals surface area contributed by atoms with Crippen LogP contribution in [0.5, 0.6) is 5.75 Å². The molecule has 0 unspecified atom stereocenters. The van der Waals surface area contributed by atoms with Crippen LogP contribution in [0.25, 0.3) is 0 Å². The van der Waals surface area contributed by atoms with E-state index in [2.05, 4.69) is 88.3 Å². The number of benzene rings is 1. The molecule has 0 spiro atoms. The molecule has 0 N–H and O–H groups in total. The predicted molar refractivity (Wildman–Crippen MR) is 118 cm³/mol. The van der Waals surface area contributed by atoms with Crippen molar-refractivity contribution in [1.82, 2.24) is 0 Å². The molecule has 148 valence electrons. The molecule has 0 bridgehead atoms. The van der Waals surface area contributed by atoms with Gasteiger partial charge in [0.2, 0.25) is 0 Å². The minimum atomic E-state index is -0.0811. The van der Waals surface area contributed by atoms with Crippen molar-refractivity contribution in [2.75, 3.05) is 0 Å². The molecule has 0 radical (unpaired) electrons. The summed E-state index contributed by atoms with van der Waals surface area (Å²) >= 11 is 0.755. The zero-order valence-electron chi connectivity index (χ0n) is 19.4. The fourth-order valence-electron chi connectivity index (χ4n) is 2.77. The summed E-state index contributed by atoms with van der Waals surface area (Å²) in [5.41, 5.74) is 2.99. The van der Waals surface area contributed by atoms with Gasteiger partial charge in [0.05, 0.1) is 0 Å². The van der Waals surface area contributed by atoms with Crippen LogP contribution < -0.4 is 5.11 Å². The molecule has 26 heavy (non-hydrogen) atoms. The predicted octanol–water partition coefficient (Wildman–Crippen LogP) is 6.76. The Labute approximate surface area is 170 Å². The summed E-state index contributed by atoms with van der Waals surface area (Å²) in [5.74, 6) is 2.08. The molecule has 0 aliphatic carbocycles. The van der Waals surface area contributed by atoms with Gasteiger partial charge in [-0.05, 0) is 33.9 Å². The van der Waals surface area contributed by atoms with Gasteiger partial charge in [-0.1, -0.05) is 60.6 Å². The average Bonchev–Trinajstić information content (AvgIpc) is 2.45. The van der Waals surface area contributed by atoms with Crippen LogP contribution >= 0.6 is 0 Å². The van der Waals surface area contributed by atoms with Crippen LogP contribution in [0.1, 0.15) is 92.9 Å². The molecule has 1 nitrogen and oxygen atoms in total. The Kier molecular flexibility index (Phi) is 10.6. The molecular weight excluding hydrogens is 331 g/mol. The molecule has 2 heteroatoms. The van der Waals surface area contributed by atoms with Crippen molar-refractivity contribution in [2.24, 2.45) is 11.8 Å². The first-order valence-electron chi connectivity index (χ1n) is 10.4. The topological polar surface area (TPSA) is 23.1 Å². The summed E-state index contributed by atoms with van der Waals surface area (Å²) in [6.07, 6.45) is 0.979. The second kappa shape index (κ2) is 10.8. The summed E-state index contributed by atoms with van der Waals surface area (Å²) < 4.78 is 0. The monoisotopic (exact) mass is 374 g/mol. The summed E-state index contributed by atoms with van der Waals surface area (Å²) in [7, 11) is 0. The van der Waals surface area contributed by atoms with Gasteiger partial charge in [-0.3, -0.25) is 0 Å². The zero-order valence-corrected chi connectivity index (χ0v) is 20.6. The smallest absolute Gasteiger partial charge is 0.0138 e. The van der Waals surface area contributed by atoms with Gasteiger partial charge >= 0.3 is 65.3 Å². The third-order valence-corrected chi connectivity index (χ3v) is 7.00. The third kappa shape index (κ3) is 9.48. The van der Waals surface area contributed by atoms with Crippen LogP contribution in [0, 0.1) is 11.8 Å². The van der Waals surface area contributed by atoms with E-state index in [4.69, 9.17) is 0 Å². The van der Waals surface area contributed by atoms with Gasteiger partial charge < -0.3 is 5.11 Å². The molecule has 0 fully saturated rings. The Balaban J connectivity index is 0.000000590. The quantitative estimate of drug-likeness (QED) is 0.522. The average molecular weight is 375 g/mol. The van der Waals surface area contributed by atoms with Gasteiger partial charge in [-0.2, -0.15) is 0 Å². The Bertz CT molecular complexity index is 487. The largest absolute Gasteiger partial charge is 0.872 e. The number of hydrogen-bond donors (Lipinski definition) is 0. The molecule has 0 atom stereocenters. The maximum absolute atomic E-state index is 12.5. The molecule has 0 saturated carbocycles. The van der Waals surface area contributed by atoms with Crippen LogP contribution in [0.3, 0.4) is 0 Å². The van der Waals surface area contributed by atoms with Crippen molar-refractivity contribution in [2.45, 2.75) is 104 Å². The Morgan fingerprint density at radius 2 is 1.15 bits per heavy atom. The molecule has 0 heterocycles. The van der Waals surface area contributed by atoms with E-state index in [-0.39, 0.29) is 16.6 Å². The fourth-order valence-corrected chi connectivity index (χ4v) is 4.30. The van der Waals surface area contributed by atoms with Crippen LogP contribution in [-0.4, -0.2) is 15.2 Å². The molecule has 0 amide bonds. The van der Waals surface area contributed by atoms with Gasteiger partial charge in [-0.15, -0.1) is 5.75 Å². The van der Waals surface area contributed by atoms with Gasteiger partial charge in [0.15, 0.2) is 0 Å². The summed E-state index contributed by atoms with van der Waals surface area (Å²) in [6, 6.07) is 4.16. The van der Waals surface area contributed by atoms with Crippen LogP contribution in [0.4, 0.5) is 0 Å². The number of aryl methyl sites for hydroxylation is 1. The van der Waals surface area contributed by atoms with Crippen molar-refractivity contribution >= 4 is 15.2 Å². The number of hydrogen-bond acceptors (Lipinski definition) is 1. The fraction of sp³-hybridized carbons (Fsp3) is 0.750. The van der Waals surface area contributed by atoms with Gasteiger partial charge in [-0.25, -0.2) is 0 Å². The molecule has 0 aliphatic rings. The van der Waals surface area contributed by atoms with E-state index in [0.717, 1.165) is 44.6 Å². The molecule has 0 saturated heterocycles. The molecule has 1 aromatic rings. The Hall–Kier alpha value is -0.448. The van der Waals surface area contributed by atoms with Crippen LogP contribution in [0.2, 0.25) is 10.6 Å². The SMILES string of the molecule is CC(C)[CH2][Al+][CH2]C(C)C.CCc1cc(C(C)(C)C)c([O-])c(C(C)(C)C)c1. The van der Waals surface area contributed by atoms with E-state index in [1.807, 2.05) is 0 Å². The van der Waals surface area contributed by atoms with E-state index in [1.165, 1.54) is 16.1 Å². The maximum Gasteiger partial charge on any atom is -0.0138 e. The molecular formula is C24H43AlO. The summed E-state index contributed by atoms with van der Waals surface area (Å²) in [5, 5.41) is 15.5. The summed E-state index contributed by atoms with van der Waals surface area (Å²) in [6.45, 7) is 24.0. The van der Waals surface area contributed by atoms with Crippen LogP contribution in [-0.2, 0) is 17.3 Å².